The monoisotopic (exact) mass is 277 g/mol. The molecule has 94 valence electrons. The fourth-order valence-corrected chi connectivity index (χ4v) is 2.59. The van der Waals surface area contributed by atoms with Gasteiger partial charge in [-0.3, -0.25) is 0 Å². The molecule has 1 aromatic heterocycles. The molecule has 1 aliphatic heterocycles. The van der Waals surface area contributed by atoms with E-state index < -0.39 is 10.0 Å². The Labute approximate surface area is 104 Å². The largest absolute Gasteiger partial charge is 0.473 e. The second kappa shape index (κ2) is 4.77. The van der Waals surface area contributed by atoms with E-state index in [0.29, 0.717) is 5.88 Å². The number of nitrogens with two attached hydrogens (primary N) is 1. The lowest BCUT2D eigenvalue weighted by Gasteiger charge is -2.12. The van der Waals surface area contributed by atoms with Crippen molar-refractivity contribution in [1.82, 2.24) is 10.3 Å². The summed E-state index contributed by atoms with van der Waals surface area (Å²) in [6.45, 7) is 1.64. The number of rotatable bonds is 3. The number of primary sulfonamides is 1. The molecule has 1 aliphatic rings. The first-order valence-electron chi connectivity index (χ1n) is 5.03. The van der Waals surface area contributed by atoms with Crippen LogP contribution in [0.2, 0.25) is 5.15 Å². The number of hydrogen-bond acceptors (Lipinski definition) is 5. The predicted molar refractivity (Wildman–Crippen MR) is 62.5 cm³/mol. The molecule has 0 unspecified atom stereocenters. The van der Waals surface area contributed by atoms with Crippen LogP contribution in [0.25, 0.3) is 0 Å². The van der Waals surface area contributed by atoms with Gasteiger partial charge in [-0.25, -0.2) is 18.5 Å². The SMILES string of the molecule is NS(=O)(=O)c1ccc(O[C@@H]2CCNC2)nc1Cl. The summed E-state index contributed by atoms with van der Waals surface area (Å²) in [7, 11) is -3.84. The lowest BCUT2D eigenvalue weighted by atomic mass is 10.3. The van der Waals surface area contributed by atoms with Gasteiger partial charge in [-0.1, -0.05) is 11.6 Å². The highest BCUT2D eigenvalue weighted by Crippen LogP contribution is 2.22. The van der Waals surface area contributed by atoms with Crippen LogP contribution in [0.5, 0.6) is 5.88 Å². The van der Waals surface area contributed by atoms with Crippen molar-refractivity contribution in [3.8, 4) is 5.88 Å². The minimum Gasteiger partial charge on any atom is -0.473 e. The van der Waals surface area contributed by atoms with Crippen LogP contribution in [0.15, 0.2) is 17.0 Å². The summed E-state index contributed by atoms with van der Waals surface area (Å²) >= 11 is 5.73. The lowest BCUT2D eigenvalue weighted by molar-refractivity contribution is 0.214. The Kier molecular flexibility index (Phi) is 3.53. The Bertz CT molecular complexity index is 514. The van der Waals surface area contributed by atoms with Gasteiger partial charge in [0, 0.05) is 12.6 Å². The number of nitrogens with zero attached hydrogens (tertiary/aromatic N) is 1. The summed E-state index contributed by atoms with van der Waals surface area (Å²) in [5.41, 5.74) is 0. The first-order valence-corrected chi connectivity index (χ1v) is 6.96. The van der Waals surface area contributed by atoms with E-state index in [2.05, 4.69) is 10.3 Å². The van der Waals surface area contributed by atoms with Crippen molar-refractivity contribution in [3.05, 3.63) is 17.3 Å². The molecule has 1 aromatic rings. The van der Waals surface area contributed by atoms with Crippen molar-refractivity contribution < 1.29 is 13.2 Å². The minimum atomic E-state index is -3.84. The van der Waals surface area contributed by atoms with E-state index in [1.807, 2.05) is 0 Å². The quantitative estimate of drug-likeness (QED) is 0.766. The highest BCUT2D eigenvalue weighted by atomic mass is 35.5. The molecular weight excluding hydrogens is 266 g/mol. The summed E-state index contributed by atoms with van der Waals surface area (Å²) in [4.78, 5) is 3.66. The summed E-state index contributed by atoms with van der Waals surface area (Å²) in [6, 6.07) is 2.74. The molecular formula is C9H12ClN3O3S. The molecule has 6 nitrogen and oxygen atoms in total. The molecule has 1 atom stereocenters. The molecule has 2 rings (SSSR count). The second-order valence-corrected chi connectivity index (χ2v) is 5.60. The molecule has 0 aromatic carbocycles. The fraction of sp³-hybridized carbons (Fsp3) is 0.444. The normalized spacial score (nSPS) is 20.5. The van der Waals surface area contributed by atoms with Crippen molar-refractivity contribution in [2.45, 2.75) is 17.4 Å². The van der Waals surface area contributed by atoms with Crippen molar-refractivity contribution in [2.24, 2.45) is 5.14 Å². The van der Waals surface area contributed by atoms with Crippen molar-refractivity contribution >= 4 is 21.6 Å². The van der Waals surface area contributed by atoms with Gasteiger partial charge >= 0.3 is 0 Å². The zero-order chi connectivity index (χ0) is 12.5. The van der Waals surface area contributed by atoms with Gasteiger partial charge < -0.3 is 10.1 Å². The Hall–Kier alpha value is -0.890. The van der Waals surface area contributed by atoms with E-state index >= 15 is 0 Å². The first kappa shape index (κ1) is 12.6. The Morgan fingerprint density at radius 3 is 2.82 bits per heavy atom. The van der Waals surface area contributed by atoms with Crippen LogP contribution < -0.4 is 15.2 Å². The number of pyridine rings is 1. The first-order chi connectivity index (χ1) is 7.97. The summed E-state index contributed by atoms with van der Waals surface area (Å²) in [5.74, 6) is 0.302. The van der Waals surface area contributed by atoms with Crippen molar-refractivity contribution in [3.63, 3.8) is 0 Å². The number of aromatic nitrogens is 1. The van der Waals surface area contributed by atoms with Gasteiger partial charge in [0.05, 0.1) is 0 Å². The second-order valence-electron chi connectivity index (χ2n) is 3.72. The number of nitrogens with one attached hydrogen (secondary N) is 1. The molecule has 0 amide bonds. The topological polar surface area (TPSA) is 94.3 Å². The van der Waals surface area contributed by atoms with E-state index in [1.54, 1.807) is 0 Å². The van der Waals surface area contributed by atoms with Gasteiger partial charge in [-0.05, 0) is 19.0 Å². The van der Waals surface area contributed by atoms with Crippen molar-refractivity contribution in [2.75, 3.05) is 13.1 Å². The molecule has 1 saturated heterocycles. The maximum Gasteiger partial charge on any atom is 0.241 e. The van der Waals surface area contributed by atoms with Crippen LogP contribution in [0, 0.1) is 0 Å². The Morgan fingerprint density at radius 1 is 1.53 bits per heavy atom. The van der Waals surface area contributed by atoms with Gasteiger partial charge in [-0.15, -0.1) is 0 Å². The molecule has 17 heavy (non-hydrogen) atoms. The number of sulfonamides is 1. The summed E-state index contributed by atoms with van der Waals surface area (Å²) in [6.07, 6.45) is 0.926. The average Bonchev–Trinajstić information content (AvgIpc) is 2.68. The highest BCUT2D eigenvalue weighted by Gasteiger charge is 2.19. The third-order valence-corrected chi connectivity index (χ3v) is 3.74. The summed E-state index contributed by atoms with van der Waals surface area (Å²) in [5, 5.41) is 7.94. The third-order valence-electron chi connectivity index (χ3n) is 2.40. The maximum absolute atomic E-state index is 11.1. The molecule has 0 radical (unpaired) electrons. The van der Waals surface area contributed by atoms with Gasteiger partial charge in [0.2, 0.25) is 15.9 Å². The standard InChI is InChI=1S/C9H12ClN3O3S/c10-9-7(17(11,14)15)1-2-8(13-9)16-6-3-4-12-5-6/h1-2,6,12H,3-5H2,(H2,11,14,15)/t6-/m1/s1. The number of halogens is 1. The molecule has 2 heterocycles. The molecule has 1 fully saturated rings. The maximum atomic E-state index is 11.1. The van der Waals surface area contributed by atoms with Crippen LogP contribution in [0.3, 0.4) is 0 Å². The minimum absolute atomic E-state index is 0.0406. The van der Waals surface area contributed by atoms with Crippen LogP contribution in [-0.4, -0.2) is 32.6 Å². The third kappa shape index (κ3) is 3.06. The molecule has 8 heteroatoms. The van der Waals surface area contributed by atoms with Crippen LogP contribution >= 0.6 is 11.6 Å². The number of hydrogen-bond donors (Lipinski definition) is 2. The van der Waals surface area contributed by atoms with Crippen molar-refractivity contribution in [1.29, 1.82) is 0 Å². The van der Waals surface area contributed by atoms with Crippen LogP contribution in [-0.2, 0) is 10.0 Å². The Balaban J connectivity index is 2.19. The number of ether oxygens (including phenoxy) is 1. The molecule has 3 N–H and O–H groups in total. The van der Waals surface area contributed by atoms with Gasteiger partial charge in [0.1, 0.15) is 11.0 Å². The molecule has 0 spiro atoms. The van der Waals surface area contributed by atoms with E-state index in [4.69, 9.17) is 21.5 Å². The van der Waals surface area contributed by atoms with Crippen LogP contribution in [0.4, 0.5) is 0 Å². The predicted octanol–water partition coefficient (Wildman–Crippen LogP) is 0.123. The average molecular weight is 278 g/mol. The van der Waals surface area contributed by atoms with Gasteiger partial charge in [-0.2, -0.15) is 0 Å². The van der Waals surface area contributed by atoms with Crippen LogP contribution in [0.1, 0.15) is 6.42 Å². The highest BCUT2D eigenvalue weighted by molar-refractivity contribution is 7.89. The summed E-state index contributed by atoms with van der Waals surface area (Å²) < 4.78 is 27.8. The van der Waals surface area contributed by atoms with E-state index in [-0.39, 0.29) is 16.2 Å². The zero-order valence-corrected chi connectivity index (χ0v) is 10.5. The molecule has 0 saturated carbocycles. The van der Waals surface area contributed by atoms with E-state index in [9.17, 15) is 8.42 Å². The Morgan fingerprint density at radius 2 is 2.29 bits per heavy atom. The lowest BCUT2D eigenvalue weighted by Crippen LogP contribution is -2.20. The van der Waals surface area contributed by atoms with Gasteiger partial charge in [0.25, 0.3) is 0 Å². The van der Waals surface area contributed by atoms with E-state index in [1.165, 1.54) is 12.1 Å². The smallest absolute Gasteiger partial charge is 0.241 e. The van der Waals surface area contributed by atoms with Gasteiger partial charge in [0.15, 0.2) is 5.15 Å². The molecule has 0 bridgehead atoms. The molecule has 0 aliphatic carbocycles. The van der Waals surface area contributed by atoms with E-state index in [0.717, 1.165) is 19.5 Å². The fourth-order valence-electron chi connectivity index (χ4n) is 1.58. The zero-order valence-electron chi connectivity index (χ0n) is 8.89.